The third-order valence-electron chi connectivity index (χ3n) is 5.23. The van der Waals surface area contributed by atoms with Crippen molar-refractivity contribution in [3.63, 3.8) is 0 Å². The molecule has 1 fully saturated rings. The summed E-state index contributed by atoms with van der Waals surface area (Å²) in [5.41, 5.74) is 10.5. The van der Waals surface area contributed by atoms with Crippen LogP contribution in [0.2, 0.25) is 0 Å². The summed E-state index contributed by atoms with van der Waals surface area (Å²) >= 11 is 0. The molecular formula is C22H29ClN6O. The van der Waals surface area contributed by atoms with Crippen LogP contribution >= 0.6 is 12.4 Å². The first-order valence-corrected chi connectivity index (χ1v) is 10.0. The average molecular weight is 429 g/mol. The molecule has 0 radical (unpaired) electrons. The highest BCUT2D eigenvalue weighted by atomic mass is 35.5. The number of benzene rings is 1. The number of aromatic nitrogens is 3. The molecule has 3 N–H and O–H groups in total. The Morgan fingerprint density at radius 3 is 2.73 bits per heavy atom. The summed E-state index contributed by atoms with van der Waals surface area (Å²) < 4.78 is 5.45. The van der Waals surface area contributed by atoms with Crippen molar-refractivity contribution >= 4 is 29.3 Å². The van der Waals surface area contributed by atoms with Gasteiger partial charge in [0.25, 0.3) is 0 Å². The lowest BCUT2D eigenvalue weighted by Gasteiger charge is -2.35. The number of pyridine rings is 1. The van der Waals surface area contributed by atoms with Crippen LogP contribution in [0.5, 0.6) is 0 Å². The van der Waals surface area contributed by atoms with Crippen LogP contribution in [0.15, 0.2) is 42.7 Å². The Labute approximate surface area is 183 Å². The molecule has 8 heteroatoms. The monoisotopic (exact) mass is 428 g/mol. The molecule has 160 valence electrons. The largest absolute Gasteiger partial charge is 0.382 e. The van der Waals surface area contributed by atoms with E-state index in [2.05, 4.69) is 63.3 Å². The number of fused-ring (bicyclic) bond motifs is 1. The van der Waals surface area contributed by atoms with Crippen LogP contribution in [0.1, 0.15) is 19.4 Å². The maximum absolute atomic E-state index is 5.97. The zero-order valence-corrected chi connectivity index (χ0v) is 18.3. The zero-order chi connectivity index (χ0) is 20.3. The third-order valence-corrected chi connectivity index (χ3v) is 5.23. The van der Waals surface area contributed by atoms with Crippen LogP contribution in [0.4, 0.5) is 5.82 Å². The molecule has 4 rings (SSSR count). The summed E-state index contributed by atoms with van der Waals surface area (Å²) in [6.07, 6.45) is 1.46. The number of hydrogen-bond donors (Lipinski definition) is 2. The smallest absolute Gasteiger partial charge is 0.153 e. The van der Waals surface area contributed by atoms with Crippen molar-refractivity contribution in [2.45, 2.75) is 25.9 Å². The van der Waals surface area contributed by atoms with E-state index < -0.39 is 0 Å². The van der Waals surface area contributed by atoms with Gasteiger partial charge in [0.15, 0.2) is 5.82 Å². The van der Waals surface area contributed by atoms with Crippen molar-refractivity contribution in [3.05, 3.63) is 48.3 Å². The number of nitrogen functional groups attached to an aromatic ring is 1. The van der Waals surface area contributed by atoms with Gasteiger partial charge in [-0.05, 0) is 37.6 Å². The van der Waals surface area contributed by atoms with Gasteiger partial charge in [-0.25, -0.2) is 15.0 Å². The summed E-state index contributed by atoms with van der Waals surface area (Å²) in [5.74, 6) is 0.402. The lowest BCUT2D eigenvalue weighted by molar-refractivity contribution is 0.0269. The number of morpholine rings is 1. The molecule has 3 heterocycles. The Bertz CT molecular complexity index is 990. The summed E-state index contributed by atoms with van der Waals surface area (Å²) in [7, 11) is 0. The molecule has 0 atom stereocenters. The van der Waals surface area contributed by atoms with Crippen LogP contribution in [0, 0.1) is 0 Å². The van der Waals surface area contributed by atoms with Crippen molar-refractivity contribution < 1.29 is 4.74 Å². The first kappa shape index (κ1) is 22.4. The quantitative estimate of drug-likeness (QED) is 0.623. The summed E-state index contributed by atoms with van der Waals surface area (Å²) in [6.45, 7) is 9.95. The van der Waals surface area contributed by atoms with E-state index in [-0.39, 0.29) is 17.9 Å². The van der Waals surface area contributed by atoms with Gasteiger partial charge >= 0.3 is 0 Å². The maximum atomic E-state index is 5.97. The van der Waals surface area contributed by atoms with Gasteiger partial charge in [0.05, 0.1) is 24.4 Å². The Morgan fingerprint density at radius 1 is 1.13 bits per heavy atom. The van der Waals surface area contributed by atoms with Crippen LogP contribution in [-0.4, -0.2) is 58.2 Å². The van der Waals surface area contributed by atoms with Crippen LogP contribution in [0.3, 0.4) is 0 Å². The predicted octanol–water partition coefficient (Wildman–Crippen LogP) is 2.90. The van der Waals surface area contributed by atoms with E-state index in [0.29, 0.717) is 11.3 Å². The number of rotatable bonds is 6. The molecule has 7 nitrogen and oxygen atoms in total. The van der Waals surface area contributed by atoms with Gasteiger partial charge in [-0.2, -0.15) is 0 Å². The molecule has 0 unspecified atom stereocenters. The Morgan fingerprint density at radius 2 is 1.93 bits per heavy atom. The molecule has 1 aliphatic rings. The number of nitrogens with zero attached hydrogens (tertiary/aromatic N) is 4. The number of nitrogens with two attached hydrogens (primary N) is 1. The second kappa shape index (κ2) is 9.66. The predicted molar refractivity (Wildman–Crippen MR) is 123 cm³/mol. The van der Waals surface area contributed by atoms with Gasteiger partial charge < -0.3 is 15.8 Å². The molecule has 2 aromatic heterocycles. The van der Waals surface area contributed by atoms with Crippen molar-refractivity contribution in [2.24, 2.45) is 0 Å². The second-order valence-corrected chi connectivity index (χ2v) is 8.15. The fourth-order valence-corrected chi connectivity index (χ4v) is 3.68. The van der Waals surface area contributed by atoms with Crippen molar-refractivity contribution in [3.8, 4) is 11.3 Å². The normalized spacial score (nSPS) is 15.1. The molecule has 0 amide bonds. The molecule has 1 saturated heterocycles. The molecule has 0 bridgehead atoms. The topological polar surface area (TPSA) is 89.2 Å². The lowest BCUT2D eigenvalue weighted by Crippen LogP contribution is -2.51. The number of ether oxygens (including phenoxy) is 1. The van der Waals surface area contributed by atoms with Crippen molar-refractivity contribution in [1.29, 1.82) is 0 Å². The molecule has 30 heavy (non-hydrogen) atoms. The highest BCUT2D eigenvalue weighted by Crippen LogP contribution is 2.23. The molecule has 0 saturated carbocycles. The van der Waals surface area contributed by atoms with E-state index in [9.17, 15) is 0 Å². The summed E-state index contributed by atoms with van der Waals surface area (Å²) in [4.78, 5) is 15.4. The summed E-state index contributed by atoms with van der Waals surface area (Å²) in [5, 5.41) is 3.70. The molecule has 1 aromatic carbocycles. The molecule has 3 aromatic rings. The Hall–Kier alpha value is -2.32. The van der Waals surface area contributed by atoms with E-state index in [0.717, 1.165) is 56.2 Å². The molecule has 1 aliphatic heterocycles. The van der Waals surface area contributed by atoms with Crippen molar-refractivity contribution in [2.75, 3.05) is 38.6 Å². The van der Waals surface area contributed by atoms with Crippen LogP contribution < -0.4 is 11.1 Å². The van der Waals surface area contributed by atoms with E-state index in [4.69, 9.17) is 10.5 Å². The highest BCUT2D eigenvalue weighted by Gasteiger charge is 2.22. The third kappa shape index (κ3) is 5.43. The van der Waals surface area contributed by atoms with E-state index in [1.54, 1.807) is 0 Å². The minimum absolute atomic E-state index is 0. The fourth-order valence-electron chi connectivity index (χ4n) is 3.68. The standard InChI is InChI=1S/C22H28N6O.ClH/c1-22(2,14-28-8-10-29-11-9-28)26-13-16-4-3-5-17(12-16)18-6-7-19-20(27-18)21(23)25-15-24-19;/h3-7,12,15,26H,8-11,13-14H2,1-2H3,(H2,23,24,25);1H. The zero-order valence-electron chi connectivity index (χ0n) is 17.5. The fraction of sp³-hybridized carbons (Fsp3) is 0.409. The maximum Gasteiger partial charge on any atom is 0.153 e. The molecular weight excluding hydrogens is 400 g/mol. The van der Waals surface area contributed by atoms with Crippen LogP contribution in [-0.2, 0) is 11.3 Å². The number of hydrogen-bond acceptors (Lipinski definition) is 7. The number of nitrogens with one attached hydrogen (secondary N) is 1. The SMILES string of the molecule is CC(C)(CN1CCOCC1)NCc1cccc(-c2ccc3ncnc(N)c3n2)c1.Cl. The average Bonchev–Trinajstić information content (AvgIpc) is 2.73. The highest BCUT2D eigenvalue weighted by molar-refractivity contribution is 5.86. The number of anilines is 1. The van der Waals surface area contributed by atoms with Gasteiger partial charge in [0.2, 0.25) is 0 Å². The first-order valence-electron chi connectivity index (χ1n) is 10.0. The molecule has 0 aliphatic carbocycles. The van der Waals surface area contributed by atoms with E-state index >= 15 is 0 Å². The van der Waals surface area contributed by atoms with E-state index in [1.807, 2.05) is 12.1 Å². The van der Waals surface area contributed by atoms with Gasteiger partial charge in [-0.1, -0.05) is 18.2 Å². The van der Waals surface area contributed by atoms with Gasteiger partial charge in [-0.3, -0.25) is 4.90 Å². The minimum atomic E-state index is 0. The van der Waals surface area contributed by atoms with E-state index in [1.165, 1.54) is 11.9 Å². The number of halogens is 1. The van der Waals surface area contributed by atoms with Crippen molar-refractivity contribution in [1.82, 2.24) is 25.2 Å². The summed E-state index contributed by atoms with van der Waals surface area (Å²) in [6, 6.07) is 12.4. The Balaban J connectivity index is 0.00000256. The second-order valence-electron chi connectivity index (χ2n) is 8.15. The molecule has 0 spiro atoms. The Kier molecular flexibility index (Phi) is 7.20. The first-order chi connectivity index (χ1) is 14.0. The van der Waals surface area contributed by atoms with Gasteiger partial charge in [0, 0.05) is 37.3 Å². The van der Waals surface area contributed by atoms with Gasteiger partial charge in [0.1, 0.15) is 11.8 Å². The van der Waals surface area contributed by atoms with Crippen LogP contribution in [0.25, 0.3) is 22.3 Å². The minimum Gasteiger partial charge on any atom is -0.382 e. The lowest BCUT2D eigenvalue weighted by atomic mass is 10.0. The van der Waals surface area contributed by atoms with Gasteiger partial charge in [-0.15, -0.1) is 12.4 Å².